The molecule has 0 radical (unpaired) electrons. The van der Waals surface area contributed by atoms with Crippen LogP contribution in [0.4, 0.5) is 20.2 Å². The first kappa shape index (κ1) is 13.8. The van der Waals surface area contributed by atoms with Gasteiger partial charge in [0.1, 0.15) is 11.6 Å². The Morgan fingerprint density at radius 3 is 2.26 bits per heavy atom. The van der Waals surface area contributed by atoms with Gasteiger partial charge in [-0.3, -0.25) is 0 Å². The zero-order chi connectivity index (χ0) is 13.8. The van der Waals surface area contributed by atoms with Crippen molar-refractivity contribution in [3.05, 3.63) is 59.7 Å². The minimum Gasteiger partial charge on any atom is -0.337 e. The largest absolute Gasteiger partial charge is 0.337 e. The molecule has 0 spiro atoms. The normalized spacial score (nSPS) is 10.5. The molecule has 0 aliphatic heterocycles. The quantitative estimate of drug-likeness (QED) is 0.723. The summed E-state index contributed by atoms with van der Waals surface area (Å²) in [6.07, 6.45) is 0. The van der Waals surface area contributed by atoms with Gasteiger partial charge in [-0.25, -0.2) is 8.78 Å². The van der Waals surface area contributed by atoms with Crippen molar-refractivity contribution in [3.8, 4) is 0 Å². The number of nitrogens with zero attached hydrogens (tertiary/aromatic N) is 1. The van der Waals surface area contributed by atoms with Gasteiger partial charge >= 0.3 is 0 Å². The molecule has 0 aliphatic rings. The van der Waals surface area contributed by atoms with Crippen LogP contribution in [-0.4, -0.2) is 6.54 Å². The molecule has 0 saturated carbocycles. The van der Waals surface area contributed by atoms with E-state index in [1.807, 2.05) is 6.92 Å². The van der Waals surface area contributed by atoms with Crippen LogP contribution in [0.1, 0.15) is 12.5 Å². The predicted molar refractivity (Wildman–Crippen MR) is 75.0 cm³/mol. The van der Waals surface area contributed by atoms with Crippen molar-refractivity contribution in [3.63, 3.8) is 0 Å². The van der Waals surface area contributed by atoms with E-state index in [2.05, 4.69) is 0 Å². The lowest BCUT2D eigenvalue weighted by Crippen LogP contribution is -2.18. The summed E-state index contributed by atoms with van der Waals surface area (Å²) in [5.74, 6) is -0.517. The number of hydrogen-bond donors (Lipinski definition) is 0. The summed E-state index contributed by atoms with van der Waals surface area (Å²) < 4.78 is 27.9. The molecule has 0 bridgehead atoms. The number of anilines is 2. The second-order valence-corrected chi connectivity index (χ2v) is 4.38. The third kappa shape index (κ3) is 2.87. The van der Waals surface area contributed by atoms with Gasteiger partial charge in [0.15, 0.2) is 0 Å². The number of para-hydroxylation sites is 1. The number of halogens is 3. The Kier molecular flexibility index (Phi) is 4.38. The summed E-state index contributed by atoms with van der Waals surface area (Å²) in [7, 11) is 0. The Labute approximate surface area is 116 Å². The maximum atomic E-state index is 14.1. The second-order valence-electron chi connectivity index (χ2n) is 4.12. The minimum absolute atomic E-state index is 0.253. The molecule has 0 aromatic heterocycles. The van der Waals surface area contributed by atoms with Crippen LogP contribution in [0, 0.1) is 11.6 Å². The van der Waals surface area contributed by atoms with Gasteiger partial charge in [0, 0.05) is 12.4 Å². The molecule has 4 heteroatoms. The third-order valence-corrected chi connectivity index (χ3v) is 3.23. The Hall–Kier alpha value is -1.61. The molecule has 0 fully saturated rings. The zero-order valence-electron chi connectivity index (χ0n) is 10.5. The van der Waals surface area contributed by atoms with E-state index in [1.54, 1.807) is 35.2 Å². The van der Waals surface area contributed by atoms with Crippen LogP contribution < -0.4 is 4.90 Å². The average Bonchev–Trinajstić information content (AvgIpc) is 2.43. The highest BCUT2D eigenvalue weighted by Gasteiger charge is 2.15. The Morgan fingerprint density at radius 1 is 1.00 bits per heavy atom. The van der Waals surface area contributed by atoms with Crippen molar-refractivity contribution < 1.29 is 8.78 Å². The first-order chi connectivity index (χ1) is 9.17. The highest BCUT2D eigenvalue weighted by atomic mass is 35.5. The van der Waals surface area contributed by atoms with Crippen LogP contribution in [-0.2, 0) is 5.88 Å². The fourth-order valence-corrected chi connectivity index (χ4v) is 2.16. The highest BCUT2D eigenvalue weighted by molar-refractivity contribution is 6.17. The lowest BCUT2D eigenvalue weighted by atomic mass is 10.1. The van der Waals surface area contributed by atoms with Crippen LogP contribution in [0.15, 0.2) is 42.5 Å². The van der Waals surface area contributed by atoms with Gasteiger partial charge in [-0.15, -0.1) is 11.6 Å². The fraction of sp³-hybridized carbons (Fsp3) is 0.200. The summed E-state index contributed by atoms with van der Waals surface area (Å²) in [6, 6.07) is 11.1. The van der Waals surface area contributed by atoms with Gasteiger partial charge in [0.2, 0.25) is 0 Å². The molecule has 0 aliphatic carbocycles. The summed E-state index contributed by atoms with van der Waals surface area (Å²) in [5.41, 5.74) is 1.41. The molecule has 1 nitrogen and oxygen atoms in total. The summed E-state index contributed by atoms with van der Waals surface area (Å²) in [5, 5.41) is 0. The highest BCUT2D eigenvalue weighted by Crippen LogP contribution is 2.30. The molecule has 0 heterocycles. The maximum Gasteiger partial charge on any atom is 0.147 e. The monoisotopic (exact) mass is 281 g/mol. The number of hydrogen-bond acceptors (Lipinski definition) is 1. The molecule has 0 saturated heterocycles. The summed E-state index contributed by atoms with van der Waals surface area (Å²) in [6.45, 7) is 2.32. The molecule has 100 valence electrons. The van der Waals surface area contributed by atoms with Crippen molar-refractivity contribution in [2.24, 2.45) is 0 Å². The predicted octanol–water partition coefficient (Wildman–Crippen LogP) is 4.86. The smallest absolute Gasteiger partial charge is 0.147 e. The van der Waals surface area contributed by atoms with E-state index in [0.29, 0.717) is 23.5 Å². The van der Waals surface area contributed by atoms with E-state index in [9.17, 15) is 8.78 Å². The van der Waals surface area contributed by atoms with Gasteiger partial charge in [0.05, 0.1) is 11.4 Å². The zero-order valence-corrected chi connectivity index (χ0v) is 11.3. The van der Waals surface area contributed by atoms with Gasteiger partial charge in [0.25, 0.3) is 0 Å². The molecule has 0 atom stereocenters. The van der Waals surface area contributed by atoms with Gasteiger partial charge < -0.3 is 4.90 Å². The molecule has 2 aromatic carbocycles. The Balaban J connectivity index is 2.46. The molecule has 2 aromatic rings. The van der Waals surface area contributed by atoms with Crippen LogP contribution in [0.25, 0.3) is 0 Å². The van der Waals surface area contributed by atoms with Crippen molar-refractivity contribution >= 4 is 23.0 Å². The van der Waals surface area contributed by atoms with Gasteiger partial charge in [-0.2, -0.15) is 0 Å². The molecule has 2 rings (SSSR count). The molecular formula is C15H14ClF2N. The van der Waals surface area contributed by atoms with Crippen molar-refractivity contribution in [2.45, 2.75) is 12.8 Å². The van der Waals surface area contributed by atoms with Crippen LogP contribution >= 0.6 is 11.6 Å². The van der Waals surface area contributed by atoms with Gasteiger partial charge in [-0.1, -0.05) is 18.2 Å². The molecule has 0 N–H and O–H groups in total. The number of alkyl halides is 1. The Morgan fingerprint density at radius 2 is 1.68 bits per heavy atom. The SMILES string of the molecule is CCN(c1ccccc1F)c1ccc(CCl)cc1F. The minimum atomic E-state index is -0.400. The molecule has 0 unspecified atom stereocenters. The Bertz CT molecular complexity index is 572. The van der Waals surface area contributed by atoms with Crippen molar-refractivity contribution in [1.29, 1.82) is 0 Å². The topological polar surface area (TPSA) is 3.24 Å². The first-order valence-corrected chi connectivity index (χ1v) is 6.57. The number of rotatable bonds is 4. The number of benzene rings is 2. The summed E-state index contributed by atoms with van der Waals surface area (Å²) in [4.78, 5) is 1.60. The average molecular weight is 282 g/mol. The van der Waals surface area contributed by atoms with E-state index >= 15 is 0 Å². The standard InChI is InChI=1S/C15H14ClF2N/c1-2-19(14-6-4-3-5-12(14)17)15-8-7-11(10-16)9-13(15)18/h3-9H,2,10H2,1H3. The fourth-order valence-electron chi connectivity index (χ4n) is 1.99. The maximum absolute atomic E-state index is 14.1. The van der Waals surface area contributed by atoms with Crippen molar-refractivity contribution in [2.75, 3.05) is 11.4 Å². The van der Waals surface area contributed by atoms with Crippen LogP contribution in [0.2, 0.25) is 0 Å². The first-order valence-electron chi connectivity index (χ1n) is 6.03. The van der Waals surface area contributed by atoms with E-state index < -0.39 is 5.82 Å². The lowest BCUT2D eigenvalue weighted by Gasteiger charge is -2.24. The van der Waals surface area contributed by atoms with Crippen LogP contribution in [0.3, 0.4) is 0 Å². The van der Waals surface area contributed by atoms with E-state index in [-0.39, 0.29) is 11.7 Å². The lowest BCUT2D eigenvalue weighted by molar-refractivity contribution is 0.613. The van der Waals surface area contributed by atoms with E-state index in [4.69, 9.17) is 11.6 Å². The van der Waals surface area contributed by atoms with Crippen LogP contribution in [0.5, 0.6) is 0 Å². The molecule has 19 heavy (non-hydrogen) atoms. The second kappa shape index (κ2) is 6.02. The molecule has 0 amide bonds. The van der Waals surface area contributed by atoms with E-state index in [0.717, 1.165) is 0 Å². The molecular weight excluding hydrogens is 268 g/mol. The van der Waals surface area contributed by atoms with E-state index in [1.165, 1.54) is 12.1 Å². The summed E-state index contributed by atoms with van der Waals surface area (Å²) >= 11 is 5.67. The third-order valence-electron chi connectivity index (χ3n) is 2.92. The van der Waals surface area contributed by atoms with Gasteiger partial charge in [-0.05, 0) is 36.8 Å². The van der Waals surface area contributed by atoms with Crippen molar-refractivity contribution in [1.82, 2.24) is 0 Å².